The molecular weight excluding hydrogens is 216 g/mol. The third-order valence-corrected chi connectivity index (χ3v) is 1.83. The lowest BCUT2D eigenvalue weighted by Crippen LogP contribution is -2.11. The largest absolute Gasteiger partial charge is 0.369 e. The van der Waals surface area contributed by atoms with Crippen molar-refractivity contribution in [3.63, 3.8) is 0 Å². The lowest BCUT2D eigenvalue weighted by atomic mass is 10.2. The van der Waals surface area contributed by atoms with Crippen LogP contribution in [0.15, 0.2) is 28.2 Å². The second-order valence-corrected chi connectivity index (χ2v) is 3.61. The van der Waals surface area contributed by atoms with Crippen molar-refractivity contribution in [3.8, 4) is 0 Å². The van der Waals surface area contributed by atoms with E-state index in [2.05, 4.69) is 15.0 Å². The molecule has 0 bridgehead atoms. The molecule has 0 saturated heterocycles. The van der Waals surface area contributed by atoms with Crippen LogP contribution >= 0.6 is 0 Å². The molecule has 0 unspecified atom stereocenters. The van der Waals surface area contributed by atoms with Crippen LogP contribution in [0.1, 0.15) is 17.4 Å². The Morgan fingerprint density at radius 1 is 1.47 bits per heavy atom. The molecule has 17 heavy (non-hydrogen) atoms. The highest BCUT2D eigenvalue weighted by atomic mass is 16.1. The average molecular weight is 232 g/mol. The molecule has 0 atom stereocenters. The molecule has 1 aromatic heterocycles. The molecule has 0 radical (unpaired) electrons. The van der Waals surface area contributed by atoms with Crippen LogP contribution in [0.2, 0.25) is 0 Å². The van der Waals surface area contributed by atoms with Crippen molar-refractivity contribution in [1.29, 1.82) is 0 Å². The highest BCUT2D eigenvalue weighted by molar-refractivity contribution is 5.96. The van der Waals surface area contributed by atoms with E-state index in [1.54, 1.807) is 42.6 Å². The van der Waals surface area contributed by atoms with E-state index in [1.165, 1.54) is 0 Å². The quantitative estimate of drug-likeness (QED) is 0.440. The molecule has 0 aliphatic carbocycles. The lowest BCUT2D eigenvalue weighted by Gasteiger charge is -2.02. The van der Waals surface area contributed by atoms with Crippen LogP contribution in [-0.4, -0.2) is 48.9 Å². The zero-order valence-corrected chi connectivity index (χ0v) is 10.3. The third-order valence-electron chi connectivity index (χ3n) is 1.83. The maximum Gasteiger partial charge on any atom is 0.202 e. The summed E-state index contributed by atoms with van der Waals surface area (Å²) in [5.74, 6) is 0.422. The van der Waals surface area contributed by atoms with Gasteiger partial charge in [0.25, 0.3) is 0 Å². The maximum atomic E-state index is 11.7. The first-order valence-electron chi connectivity index (χ1n) is 5.29. The van der Waals surface area contributed by atoms with Crippen molar-refractivity contribution < 1.29 is 4.79 Å². The Kier molecular flexibility index (Phi) is 5.00. The van der Waals surface area contributed by atoms with Crippen LogP contribution in [0.3, 0.4) is 0 Å². The van der Waals surface area contributed by atoms with Gasteiger partial charge >= 0.3 is 0 Å². The second kappa shape index (κ2) is 6.52. The molecule has 0 saturated carbocycles. The normalized spacial score (nSPS) is 11.2. The Balaban J connectivity index is 2.72. The van der Waals surface area contributed by atoms with Gasteiger partial charge in [-0.15, -0.1) is 0 Å². The number of aromatic nitrogens is 1. The third kappa shape index (κ3) is 4.55. The number of Topliss-reactive ketones (excluding diaryl/α,β-unsaturated/α-hetero) is 1. The number of pyridine rings is 1. The number of hydrogen-bond donors (Lipinski definition) is 0. The van der Waals surface area contributed by atoms with Crippen LogP contribution in [0.25, 0.3) is 0 Å². The van der Waals surface area contributed by atoms with Gasteiger partial charge in [-0.05, 0) is 19.1 Å². The second-order valence-electron chi connectivity index (χ2n) is 3.61. The van der Waals surface area contributed by atoms with Gasteiger partial charge in [0.15, 0.2) is 5.82 Å². The summed E-state index contributed by atoms with van der Waals surface area (Å²) in [5, 5.41) is 0. The van der Waals surface area contributed by atoms with E-state index in [-0.39, 0.29) is 12.3 Å². The zero-order chi connectivity index (χ0) is 12.7. The van der Waals surface area contributed by atoms with Crippen LogP contribution in [0.4, 0.5) is 5.82 Å². The molecule has 0 amide bonds. The molecule has 0 N–H and O–H groups in total. The smallest absolute Gasteiger partial charge is 0.202 e. The lowest BCUT2D eigenvalue weighted by molar-refractivity contribution is 0.0997. The summed E-state index contributed by atoms with van der Waals surface area (Å²) in [5.41, 5.74) is 0.393. The fourth-order valence-electron chi connectivity index (χ4n) is 1.15. The summed E-state index contributed by atoms with van der Waals surface area (Å²) in [7, 11) is 3.70. The van der Waals surface area contributed by atoms with Gasteiger partial charge in [-0.25, -0.2) is 9.98 Å². The Morgan fingerprint density at radius 2 is 2.24 bits per heavy atom. The Morgan fingerprint density at radius 3 is 2.88 bits per heavy atom. The van der Waals surface area contributed by atoms with Crippen molar-refractivity contribution in [3.05, 3.63) is 23.9 Å². The molecule has 1 heterocycles. The molecular formula is C12H16N4O. The number of carbonyl (C=O) groups is 1. The zero-order valence-electron chi connectivity index (χ0n) is 10.3. The van der Waals surface area contributed by atoms with Crippen LogP contribution in [0, 0.1) is 0 Å². The van der Waals surface area contributed by atoms with Gasteiger partial charge in [0.05, 0.1) is 6.34 Å². The number of carbonyl (C=O) groups excluding carboxylic acids is 1. The van der Waals surface area contributed by atoms with Crippen molar-refractivity contribution >= 4 is 24.2 Å². The van der Waals surface area contributed by atoms with E-state index in [1.807, 2.05) is 14.1 Å². The van der Waals surface area contributed by atoms with E-state index in [9.17, 15) is 4.79 Å². The van der Waals surface area contributed by atoms with Gasteiger partial charge in [-0.2, -0.15) is 0 Å². The van der Waals surface area contributed by atoms with E-state index in [0.717, 1.165) is 0 Å². The number of aliphatic imine (C=N–C) groups is 2. The topological polar surface area (TPSA) is 57.9 Å². The first-order valence-corrected chi connectivity index (χ1v) is 5.29. The predicted octanol–water partition coefficient (Wildman–Crippen LogP) is 1.58. The highest BCUT2D eigenvalue weighted by Gasteiger charge is 2.06. The summed E-state index contributed by atoms with van der Waals surface area (Å²) in [6.45, 7) is 1.90. The average Bonchev–Trinajstić information content (AvgIpc) is 2.29. The summed E-state index contributed by atoms with van der Waals surface area (Å²) in [6.07, 6.45) is 3.24. The standard InChI is InChI=1S/C12H16N4O/c1-4-14-12-7-5-6-10(15-12)11(17)8-13-9-16(2)3/h4-7,9H,8H2,1-3H3. The van der Waals surface area contributed by atoms with Gasteiger partial charge in [0.1, 0.15) is 12.2 Å². The molecule has 90 valence electrons. The summed E-state index contributed by atoms with van der Waals surface area (Å²) in [6, 6.07) is 5.18. The fourth-order valence-corrected chi connectivity index (χ4v) is 1.15. The van der Waals surface area contributed by atoms with Crippen molar-refractivity contribution in [2.45, 2.75) is 6.92 Å². The van der Waals surface area contributed by atoms with Crippen LogP contribution in [0.5, 0.6) is 0 Å². The highest BCUT2D eigenvalue weighted by Crippen LogP contribution is 2.08. The SMILES string of the molecule is CC=Nc1cccc(C(=O)CN=CN(C)C)n1. The minimum absolute atomic E-state index is 0.102. The van der Waals surface area contributed by atoms with Gasteiger partial charge in [-0.3, -0.25) is 9.79 Å². The number of nitrogens with zero attached hydrogens (tertiary/aromatic N) is 4. The molecule has 0 aliphatic heterocycles. The predicted molar refractivity (Wildman–Crippen MR) is 69.4 cm³/mol. The number of hydrogen-bond acceptors (Lipinski definition) is 4. The van der Waals surface area contributed by atoms with Gasteiger partial charge < -0.3 is 4.90 Å². The monoisotopic (exact) mass is 232 g/mol. The Bertz CT molecular complexity index is 438. The maximum absolute atomic E-state index is 11.7. The molecule has 0 aromatic carbocycles. The summed E-state index contributed by atoms with van der Waals surface area (Å²) in [4.78, 5) is 25.7. The minimum atomic E-state index is -0.115. The van der Waals surface area contributed by atoms with Crippen LogP contribution < -0.4 is 0 Å². The molecule has 1 aromatic rings. The first kappa shape index (κ1) is 13.0. The molecule has 0 fully saturated rings. The van der Waals surface area contributed by atoms with E-state index >= 15 is 0 Å². The van der Waals surface area contributed by atoms with Gasteiger partial charge in [0.2, 0.25) is 5.78 Å². The Hall–Kier alpha value is -2.04. The fraction of sp³-hybridized carbons (Fsp3) is 0.333. The van der Waals surface area contributed by atoms with E-state index < -0.39 is 0 Å². The molecule has 1 rings (SSSR count). The van der Waals surface area contributed by atoms with Gasteiger partial charge in [0, 0.05) is 20.3 Å². The molecule has 5 nitrogen and oxygen atoms in total. The van der Waals surface area contributed by atoms with Crippen LogP contribution in [-0.2, 0) is 0 Å². The van der Waals surface area contributed by atoms with Crippen molar-refractivity contribution in [1.82, 2.24) is 9.88 Å². The van der Waals surface area contributed by atoms with Gasteiger partial charge in [-0.1, -0.05) is 6.07 Å². The molecule has 0 spiro atoms. The first-order chi connectivity index (χ1) is 8.13. The van der Waals surface area contributed by atoms with Crippen molar-refractivity contribution in [2.75, 3.05) is 20.6 Å². The number of rotatable bonds is 5. The minimum Gasteiger partial charge on any atom is -0.369 e. The summed E-state index contributed by atoms with van der Waals surface area (Å²) >= 11 is 0. The van der Waals surface area contributed by atoms with E-state index in [4.69, 9.17) is 0 Å². The number of ketones is 1. The Labute approximate surface area is 101 Å². The van der Waals surface area contributed by atoms with E-state index in [0.29, 0.717) is 11.5 Å². The summed E-state index contributed by atoms with van der Waals surface area (Å²) < 4.78 is 0. The molecule has 0 aliphatic rings. The molecule has 5 heteroatoms. The van der Waals surface area contributed by atoms with Crippen molar-refractivity contribution in [2.24, 2.45) is 9.98 Å².